The van der Waals surface area contributed by atoms with Gasteiger partial charge in [0.1, 0.15) is 24.8 Å². The first kappa shape index (κ1) is 32.2. The third-order valence-electron chi connectivity index (χ3n) is 7.43. The summed E-state index contributed by atoms with van der Waals surface area (Å²) in [4.78, 5) is 63.1. The number of carbonyl (C=O) groups excluding carboxylic acids is 4. The van der Waals surface area contributed by atoms with Crippen molar-refractivity contribution in [2.75, 3.05) is 6.61 Å². The third kappa shape index (κ3) is 8.00. The summed E-state index contributed by atoms with van der Waals surface area (Å²) in [6.07, 6.45) is -1.71. The second-order valence-electron chi connectivity index (χ2n) is 10.6. The van der Waals surface area contributed by atoms with Crippen LogP contribution >= 0.6 is 0 Å². The second kappa shape index (κ2) is 14.6. The molecule has 0 aromatic heterocycles. The zero-order valence-corrected chi connectivity index (χ0v) is 24.5. The average molecular weight is 609 g/mol. The van der Waals surface area contributed by atoms with Gasteiger partial charge in [-0.1, -0.05) is 85.4 Å². The van der Waals surface area contributed by atoms with Crippen LogP contribution in [0.3, 0.4) is 0 Å². The Bertz CT molecular complexity index is 1620. The summed E-state index contributed by atoms with van der Waals surface area (Å²) in [6, 6.07) is 22.0. The molecule has 1 aliphatic rings. The van der Waals surface area contributed by atoms with E-state index in [1.807, 2.05) is 48.5 Å². The molecule has 45 heavy (non-hydrogen) atoms. The lowest BCUT2D eigenvalue weighted by Gasteiger charge is -2.23. The predicted molar refractivity (Wildman–Crippen MR) is 164 cm³/mol. The number of carboxylic acid groups (broad SMARTS) is 1. The number of benzene rings is 3. The molecule has 230 valence electrons. The molecule has 0 saturated heterocycles. The first-order chi connectivity index (χ1) is 21.6. The van der Waals surface area contributed by atoms with Crippen LogP contribution in [0.4, 0.5) is 4.79 Å². The summed E-state index contributed by atoms with van der Waals surface area (Å²) < 4.78 is 5.45. The van der Waals surface area contributed by atoms with Crippen LogP contribution in [0.25, 0.3) is 11.1 Å². The molecule has 3 amide bonds. The minimum Gasteiger partial charge on any atom is -0.481 e. The van der Waals surface area contributed by atoms with Crippen molar-refractivity contribution in [2.45, 2.75) is 43.8 Å². The molecule has 11 nitrogen and oxygen atoms in total. The summed E-state index contributed by atoms with van der Waals surface area (Å²) >= 11 is 0. The average Bonchev–Trinajstić information content (AvgIpc) is 3.36. The summed E-state index contributed by atoms with van der Waals surface area (Å²) in [5.41, 5.74) is 4.39. The van der Waals surface area contributed by atoms with Crippen molar-refractivity contribution in [3.8, 4) is 17.2 Å². The number of nitrogens with one attached hydrogen (secondary N) is 3. The van der Waals surface area contributed by atoms with Crippen LogP contribution in [0.15, 0.2) is 91.0 Å². The zero-order chi connectivity index (χ0) is 32.5. The van der Waals surface area contributed by atoms with E-state index in [0.29, 0.717) is 5.56 Å². The number of carboxylic acids is 1. The van der Waals surface area contributed by atoms with E-state index in [4.69, 9.17) is 10.00 Å². The largest absolute Gasteiger partial charge is 0.481 e. The number of hydrogen-bond donors (Lipinski definition) is 4. The summed E-state index contributed by atoms with van der Waals surface area (Å²) in [7, 11) is 0. The minimum atomic E-state index is -1.56. The molecule has 0 aliphatic heterocycles. The first-order valence-electron chi connectivity index (χ1n) is 14.2. The van der Waals surface area contributed by atoms with Gasteiger partial charge in [0.25, 0.3) is 0 Å². The number of hydrogen-bond acceptors (Lipinski definition) is 7. The fourth-order valence-electron chi connectivity index (χ4n) is 5.17. The van der Waals surface area contributed by atoms with Gasteiger partial charge >= 0.3 is 12.1 Å². The van der Waals surface area contributed by atoms with Crippen LogP contribution in [-0.4, -0.2) is 59.5 Å². The first-order valence-corrected chi connectivity index (χ1v) is 14.2. The van der Waals surface area contributed by atoms with Crippen LogP contribution in [0.1, 0.15) is 36.0 Å². The number of amides is 3. The van der Waals surface area contributed by atoms with Crippen molar-refractivity contribution in [3.05, 3.63) is 108 Å². The van der Waals surface area contributed by atoms with Gasteiger partial charge in [-0.15, -0.1) is 0 Å². The fourth-order valence-corrected chi connectivity index (χ4v) is 5.17. The molecule has 0 unspecified atom stereocenters. The Morgan fingerprint density at radius 1 is 0.844 bits per heavy atom. The van der Waals surface area contributed by atoms with Crippen molar-refractivity contribution in [1.29, 1.82) is 5.26 Å². The molecular formula is C34H32N4O7. The van der Waals surface area contributed by atoms with Crippen molar-refractivity contribution in [2.24, 2.45) is 0 Å². The Morgan fingerprint density at radius 3 is 2.00 bits per heavy atom. The molecule has 11 heteroatoms. The quantitative estimate of drug-likeness (QED) is 0.169. The van der Waals surface area contributed by atoms with Crippen LogP contribution in [0.2, 0.25) is 0 Å². The Labute approximate surface area is 259 Å². The van der Waals surface area contributed by atoms with E-state index < -0.39 is 54.2 Å². The maximum Gasteiger partial charge on any atom is 0.407 e. The SMILES string of the molecule is C=C(C#N)C(=O)[C@H](Cc1ccccc1)NC(=O)[C@H](C)NC(=O)[C@H](CC(=O)O)NC(=O)OCC1c2ccccc2-c2ccccc21. The van der Waals surface area contributed by atoms with Crippen molar-refractivity contribution in [1.82, 2.24) is 16.0 Å². The third-order valence-corrected chi connectivity index (χ3v) is 7.43. The van der Waals surface area contributed by atoms with Gasteiger partial charge in [-0.25, -0.2) is 4.79 Å². The molecular weight excluding hydrogens is 576 g/mol. The molecule has 3 atom stereocenters. The highest BCUT2D eigenvalue weighted by Gasteiger charge is 2.32. The summed E-state index contributed by atoms with van der Waals surface area (Å²) in [5, 5.41) is 25.7. The number of aliphatic carboxylic acids is 1. The number of carbonyl (C=O) groups is 5. The second-order valence-corrected chi connectivity index (χ2v) is 10.6. The van der Waals surface area contributed by atoms with E-state index in [9.17, 15) is 29.1 Å². The molecule has 4 rings (SSSR count). The van der Waals surface area contributed by atoms with Crippen molar-refractivity contribution < 1.29 is 33.8 Å². The van der Waals surface area contributed by atoms with E-state index in [0.717, 1.165) is 22.3 Å². The van der Waals surface area contributed by atoms with Gasteiger partial charge in [-0.2, -0.15) is 5.26 Å². The molecule has 3 aromatic rings. The number of nitrogens with zero attached hydrogens (tertiary/aromatic N) is 1. The zero-order valence-electron chi connectivity index (χ0n) is 24.5. The van der Waals surface area contributed by atoms with Gasteiger partial charge in [0.2, 0.25) is 11.8 Å². The summed E-state index contributed by atoms with van der Waals surface area (Å²) in [6.45, 7) is 4.72. The lowest BCUT2D eigenvalue weighted by molar-refractivity contribution is -0.140. The number of rotatable bonds is 13. The topological polar surface area (TPSA) is 175 Å². The molecule has 3 aromatic carbocycles. The van der Waals surface area contributed by atoms with E-state index in [-0.39, 0.29) is 24.5 Å². The van der Waals surface area contributed by atoms with Crippen molar-refractivity contribution >= 4 is 29.7 Å². The number of ether oxygens (including phenoxy) is 1. The Kier molecular flexibility index (Phi) is 10.4. The lowest BCUT2D eigenvalue weighted by atomic mass is 9.98. The molecule has 0 saturated carbocycles. The molecule has 4 N–H and O–H groups in total. The molecule has 0 fully saturated rings. The molecule has 0 radical (unpaired) electrons. The molecule has 0 bridgehead atoms. The normalized spacial score (nSPS) is 13.5. The predicted octanol–water partition coefficient (Wildman–Crippen LogP) is 3.25. The fraction of sp³-hybridized carbons (Fsp3) is 0.235. The van der Waals surface area contributed by atoms with E-state index in [2.05, 4.69) is 22.5 Å². The number of fused-ring (bicyclic) bond motifs is 3. The van der Waals surface area contributed by atoms with Gasteiger partial charge in [0, 0.05) is 12.3 Å². The number of nitriles is 1. The summed E-state index contributed by atoms with van der Waals surface area (Å²) in [5.74, 6) is -4.01. The number of alkyl carbamates (subject to hydrolysis) is 1. The maximum absolute atomic E-state index is 13.0. The van der Waals surface area contributed by atoms with Crippen LogP contribution < -0.4 is 16.0 Å². The van der Waals surface area contributed by atoms with Gasteiger partial charge in [0.15, 0.2) is 5.78 Å². The highest BCUT2D eigenvalue weighted by molar-refractivity contribution is 6.04. The lowest BCUT2D eigenvalue weighted by Crippen LogP contribution is -2.55. The highest BCUT2D eigenvalue weighted by Crippen LogP contribution is 2.44. The smallest absolute Gasteiger partial charge is 0.407 e. The Balaban J connectivity index is 1.38. The Hall–Kier alpha value is -5.76. The molecule has 0 heterocycles. The number of Topliss-reactive ketones (excluding diaryl/α,β-unsaturated/α-hetero) is 1. The monoisotopic (exact) mass is 608 g/mol. The van der Waals surface area contributed by atoms with Gasteiger partial charge in [0.05, 0.1) is 18.0 Å². The van der Waals surface area contributed by atoms with Crippen LogP contribution in [0, 0.1) is 11.3 Å². The highest BCUT2D eigenvalue weighted by atomic mass is 16.5. The number of ketones is 1. The minimum absolute atomic E-state index is 0.0507. The maximum atomic E-state index is 13.0. The van der Waals surface area contributed by atoms with Gasteiger partial charge in [-0.3, -0.25) is 19.2 Å². The standard InChI is InChI=1S/C34H32N4O7/c1-20(18-35)31(41)28(16-22-10-4-3-5-11-22)37-32(42)21(2)36-33(43)29(17-30(39)40)38-34(44)45-19-27-25-14-8-6-12-23(25)24-13-7-9-15-26(24)27/h3-15,21,27-29H,1,16-17,19H2,2H3,(H,36,43)(H,37,42)(H,38,44)(H,39,40)/t21-,28-,29-/m0/s1. The van der Waals surface area contributed by atoms with Crippen LogP contribution in [-0.2, 0) is 30.3 Å². The van der Waals surface area contributed by atoms with E-state index >= 15 is 0 Å². The van der Waals surface area contributed by atoms with Gasteiger partial charge < -0.3 is 25.8 Å². The van der Waals surface area contributed by atoms with Gasteiger partial charge in [-0.05, 0) is 34.7 Å². The Morgan fingerprint density at radius 2 is 1.42 bits per heavy atom. The van der Waals surface area contributed by atoms with E-state index in [1.54, 1.807) is 36.4 Å². The molecule has 1 aliphatic carbocycles. The van der Waals surface area contributed by atoms with Crippen LogP contribution in [0.5, 0.6) is 0 Å². The van der Waals surface area contributed by atoms with Crippen molar-refractivity contribution in [3.63, 3.8) is 0 Å². The molecule has 0 spiro atoms. The van der Waals surface area contributed by atoms with E-state index in [1.165, 1.54) is 6.92 Å².